The van der Waals surface area contributed by atoms with E-state index in [1.807, 2.05) is 24.3 Å². The molecule has 92 valence electrons. The Morgan fingerprint density at radius 3 is 2.53 bits per heavy atom. The average Bonchev–Trinajstić information content (AvgIpc) is 2.83. The van der Waals surface area contributed by atoms with Crippen molar-refractivity contribution >= 4 is 40.1 Å². The van der Waals surface area contributed by atoms with Gasteiger partial charge in [-0.15, -0.1) is 0 Å². The van der Waals surface area contributed by atoms with E-state index in [0.717, 1.165) is 17.2 Å². The number of Topliss-reactive ketones (excluding diaryl/α,β-unsaturated/α-hetero) is 1. The van der Waals surface area contributed by atoms with E-state index in [-0.39, 0.29) is 5.78 Å². The minimum Gasteiger partial charge on any atom is -0.293 e. The smallest absolute Gasteiger partial charge is 0.172 e. The lowest BCUT2D eigenvalue weighted by Crippen LogP contribution is -2.05. The van der Waals surface area contributed by atoms with Crippen molar-refractivity contribution in [2.75, 3.05) is 11.5 Å². The van der Waals surface area contributed by atoms with Gasteiger partial charge in [0.1, 0.15) is 0 Å². The highest BCUT2D eigenvalue weighted by Crippen LogP contribution is 2.28. The molecule has 0 aliphatic heterocycles. The van der Waals surface area contributed by atoms with Gasteiger partial charge in [0.05, 0.1) is 5.75 Å². The summed E-state index contributed by atoms with van der Waals surface area (Å²) < 4.78 is 1.18. The van der Waals surface area contributed by atoms with Crippen LogP contribution in [0.5, 0.6) is 0 Å². The summed E-state index contributed by atoms with van der Waals surface area (Å²) in [6.07, 6.45) is 5.50. The van der Waals surface area contributed by atoms with Crippen LogP contribution in [0.25, 0.3) is 0 Å². The first-order valence-electron chi connectivity index (χ1n) is 6.12. The molecule has 0 saturated heterocycles. The Bertz CT molecular complexity index is 368. The van der Waals surface area contributed by atoms with Crippen molar-refractivity contribution < 1.29 is 4.79 Å². The van der Waals surface area contributed by atoms with Crippen LogP contribution in [0.2, 0.25) is 0 Å². The summed E-state index contributed by atoms with van der Waals surface area (Å²) in [6, 6.07) is 7.85. The Labute approximate surface area is 121 Å². The molecule has 17 heavy (non-hydrogen) atoms. The van der Waals surface area contributed by atoms with Crippen molar-refractivity contribution in [1.29, 1.82) is 0 Å². The van der Waals surface area contributed by atoms with Gasteiger partial charge in [-0.3, -0.25) is 4.79 Å². The standard InChI is InChI=1S/C14H17IOS/c15-13-7-5-12(6-8-13)14(16)10-17-9-11-3-1-2-4-11/h5-8,11H,1-4,9-10H2. The number of thioether (sulfide) groups is 1. The molecular weight excluding hydrogens is 343 g/mol. The first-order chi connectivity index (χ1) is 8.25. The van der Waals surface area contributed by atoms with Crippen LogP contribution in [0.1, 0.15) is 36.0 Å². The minimum absolute atomic E-state index is 0.268. The molecule has 0 amide bonds. The van der Waals surface area contributed by atoms with E-state index in [4.69, 9.17) is 0 Å². The predicted octanol–water partition coefficient (Wildman–Crippen LogP) is 4.40. The van der Waals surface area contributed by atoms with Crippen LogP contribution in [-0.2, 0) is 0 Å². The molecule has 0 bridgehead atoms. The molecule has 1 aromatic rings. The van der Waals surface area contributed by atoms with E-state index in [1.54, 1.807) is 11.8 Å². The summed E-state index contributed by atoms with van der Waals surface area (Å²) in [4.78, 5) is 11.9. The van der Waals surface area contributed by atoms with Crippen LogP contribution in [0.3, 0.4) is 0 Å². The molecule has 0 aromatic heterocycles. The lowest BCUT2D eigenvalue weighted by atomic mass is 10.1. The van der Waals surface area contributed by atoms with Gasteiger partial charge < -0.3 is 0 Å². The second kappa shape index (κ2) is 6.78. The normalized spacial score (nSPS) is 16.3. The molecular formula is C14H17IOS. The Morgan fingerprint density at radius 2 is 1.88 bits per heavy atom. The van der Waals surface area contributed by atoms with E-state index < -0.39 is 0 Å². The highest BCUT2D eigenvalue weighted by Gasteiger charge is 2.15. The van der Waals surface area contributed by atoms with Crippen LogP contribution in [-0.4, -0.2) is 17.3 Å². The summed E-state index contributed by atoms with van der Waals surface area (Å²) in [5.41, 5.74) is 0.851. The van der Waals surface area contributed by atoms with Gasteiger partial charge in [0.15, 0.2) is 5.78 Å². The lowest BCUT2D eigenvalue weighted by Gasteiger charge is -2.07. The molecule has 1 aliphatic rings. The molecule has 1 saturated carbocycles. The maximum absolute atomic E-state index is 11.9. The van der Waals surface area contributed by atoms with Crippen LogP contribution >= 0.6 is 34.4 Å². The van der Waals surface area contributed by atoms with Gasteiger partial charge in [-0.2, -0.15) is 11.8 Å². The Hall–Kier alpha value is -0.0300. The number of hydrogen-bond donors (Lipinski definition) is 0. The minimum atomic E-state index is 0.268. The van der Waals surface area contributed by atoms with E-state index in [2.05, 4.69) is 22.6 Å². The summed E-state index contributed by atoms with van der Waals surface area (Å²) in [5, 5.41) is 0. The fourth-order valence-electron chi connectivity index (χ4n) is 2.21. The highest BCUT2D eigenvalue weighted by molar-refractivity contribution is 14.1. The van der Waals surface area contributed by atoms with Crippen molar-refractivity contribution in [2.24, 2.45) is 5.92 Å². The van der Waals surface area contributed by atoms with Crippen LogP contribution in [0.15, 0.2) is 24.3 Å². The van der Waals surface area contributed by atoms with Crippen molar-refractivity contribution in [3.05, 3.63) is 33.4 Å². The zero-order valence-corrected chi connectivity index (χ0v) is 12.8. The molecule has 1 nitrogen and oxygen atoms in total. The van der Waals surface area contributed by atoms with Gasteiger partial charge >= 0.3 is 0 Å². The first-order valence-corrected chi connectivity index (χ1v) is 8.35. The second-order valence-corrected chi connectivity index (χ2v) is 6.87. The van der Waals surface area contributed by atoms with Gasteiger partial charge in [0.2, 0.25) is 0 Å². The van der Waals surface area contributed by atoms with Gasteiger partial charge in [0.25, 0.3) is 0 Å². The highest BCUT2D eigenvalue weighted by atomic mass is 127. The maximum atomic E-state index is 11.9. The monoisotopic (exact) mass is 360 g/mol. The van der Waals surface area contributed by atoms with Crippen molar-refractivity contribution in [1.82, 2.24) is 0 Å². The first kappa shape index (κ1) is 13.4. The number of benzene rings is 1. The molecule has 0 radical (unpaired) electrons. The van der Waals surface area contributed by atoms with Gasteiger partial charge in [-0.05, 0) is 59.2 Å². The molecule has 0 atom stereocenters. The quantitative estimate of drug-likeness (QED) is 0.572. The molecule has 3 heteroatoms. The van der Waals surface area contributed by atoms with Gasteiger partial charge in [0, 0.05) is 9.13 Å². The van der Waals surface area contributed by atoms with E-state index in [9.17, 15) is 4.79 Å². The third-order valence-electron chi connectivity index (χ3n) is 3.23. The number of carbonyl (C=O) groups is 1. The summed E-state index contributed by atoms with van der Waals surface area (Å²) in [5.74, 6) is 2.93. The van der Waals surface area contributed by atoms with Crippen molar-refractivity contribution in [3.63, 3.8) is 0 Å². The largest absolute Gasteiger partial charge is 0.293 e. The Morgan fingerprint density at radius 1 is 1.24 bits per heavy atom. The number of rotatable bonds is 5. The summed E-state index contributed by atoms with van der Waals surface area (Å²) >= 11 is 4.06. The lowest BCUT2D eigenvalue weighted by molar-refractivity contribution is 0.102. The number of ketones is 1. The SMILES string of the molecule is O=C(CSCC1CCCC1)c1ccc(I)cc1. The van der Waals surface area contributed by atoms with E-state index >= 15 is 0 Å². The summed E-state index contributed by atoms with van der Waals surface area (Å²) in [7, 11) is 0. The topological polar surface area (TPSA) is 17.1 Å². The zero-order chi connectivity index (χ0) is 12.1. The second-order valence-electron chi connectivity index (χ2n) is 4.60. The van der Waals surface area contributed by atoms with Crippen LogP contribution in [0, 0.1) is 9.49 Å². The Kier molecular flexibility index (Phi) is 5.35. The molecule has 0 heterocycles. The molecule has 0 spiro atoms. The van der Waals surface area contributed by atoms with E-state index in [1.165, 1.54) is 29.3 Å². The zero-order valence-electron chi connectivity index (χ0n) is 9.82. The molecule has 0 unspecified atom stereocenters. The number of hydrogen-bond acceptors (Lipinski definition) is 2. The third kappa shape index (κ3) is 4.28. The van der Waals surface area contributed by atoms with Crippen LogP contribution < -0.4 is 0 Å². The van der Waals surface area contributed by atoms with Crippen LogP contribution in [0.4, 0.5) is 0 Å². The maximum Gasteiger partial charge on any atom is 0.172 e. The fourth-order valence-corrected chi connectivity index (χ4v) is 3.71. The van der Waals surface area contributed by atoms with Gasteiger partial charge in [-0.25, -0.2) is 0 Å². The van der Waals surface area contributed by atoms with Crippen molar-refractivity contribution in [3.8, 4) is 0 Å². The van der Waals surface area contributed by atoms with Gasteiger partial charge in [-0.1, -0.05) is 25.0 Å². The molecule has 1 aromatic carbocycles. The fraction of sp³-hybridized carbons (Fsp3) is 0.500. The Balaban J connectivity index is 1.75. The molecule has 2 rings (SSSR count). The molecule has 1 aliphatic carbocycles. The number of carbonyl (C=O) groups excluding carboxylic acids is 1. The summed E-state index contributed by atoms with van der Waals surface area (Å²) in [6.45, 7) is 0. The average molecular weight is 360 g/mol. The molecule has 1 fully saturated rings. The molecule has 0 N–H and O–H groups in total. The predicted molar refractivity (Wildman–Crippen MR) is 82.8 cm³/mol. The van der Waals surface area contributed by atoms with Crippen molar-refractivity contribution in [2.45, 2.75) is 25.7 Å². The third-order valence-corrected chi connectivity index (χ3v) is 5.12. The van der Waals surface area contributed by atoms with E-state index in [0.29, 0.717) is 5.75 Å². The number of halogens is 1.